The van der Waals surface area contributed by atoms with Gasteiger partial charge in [-0.15, -0.1) is 0 Å². The van der Waals surface area contributed by atoms with Crippen molar-refractivity contribution in [3.63, 3.8) is 0 Å². The Morgan fingerprint density at radius 1 is 1.24 bits per heavy atom. The maximum Gasteiger partial charge on any atom is 0.363 e. The van der Waals surface area contributed by atoms with Crippen molar-refractivity contribution in [3.05, 3.63) is 75.0 Å². The van der Waals surface area contributed by atoms with Crippen molar-refractivity contribution < 1.29 is 19.2 Å². The number of nitrogens with zero attached hydrogens (tertiary/aromatic N) is 2. The van der Waals surface area contributed by atoms with Crippen LogP contribution in [0.15, 0.2) is 53.2 Å². The number of aryl methyl sites for hydroxylation is 1. The molecule has 0 aromatic heterocycles. The molecule has 25 heavy (non-hydrogen) atoms. The lowest BCUT2D eigenvalue weighted by atomic mass is 10.1. The van der Waals surface area contributed by atoms with Crippen LogP contribution >= 0.6 is 0 Å². The van der Waals surface area contributed by atoms with Crippen molar-refractivity contribution in [3.8, 4) is 5.75 Å². The Morgan fingerprint density at radius 2 is 2.00 bits per heavy atom. The number of aliphatic imine (C=N–C) groups is 1. The zero-order valence-corrected chi connectivity index (χ0v) is 13.6. The molecule has 0 aliphatic carbocycles. The molecule has 0 saturated heterocycles. The van der Waals surface area contributed by atoms with Crippen molar-refractivity contribution >= 4 is 23.6 Å². The zero-order chi connectivity index (χ0) is 18.0. The van der Waals surface area contributed by atoms with Gasteiger partial charge in [0.15, 0.2) is 11.4 Å². The molecule has 0 spiro atoms. The predicted molar refractivity (Wildman–Crippen MR) is 91.4 cm³/mol. The van der Waals surface area contributed by atoms with E-state index in [4.69, 9.17) is 9.47 Å². The molecule has 7 nitrogen and oxygen atoms in total. The molecule has 1 aliphatic heterocycles. The third-order valence-electron chi connectivity index (χ3n) is 3.70. The summed E-state index contributed by atoms with van der Waals surface area (Å²) in [5.74, 6) is -0.237. The molecule has 0 N–H and O–H groups in total. The Kier molecular flexibility index (Phi) is 4.30. The normalized spacial score (nSPS) is 15.0. The van der Waals surface area contributed by atoms with Gasteiger partial charge < -0.3 is 9.47 Å². The van der Waals surface area contributed by atoms with Gasteiger partial charge in [0.1, 0.15) is 0 Å². The van der Waals surface area contributed by atoms with Gasteiger partial charge in [-0.2, -0.15) is 0 Å². The Hall–Kier alpha value is -3.48. The number of nitro benzene ring substituents is 1. The van der Waals surface area contributed by atoms with E-state index < -0.39 is 10.9 Å². The average molecular weight is 338 g/mol. The third kappa shape index (κ3) is 3.25. The van der Waals surface area contributed by atoms with E-state index in [0.29, 0.717) is 5.56 Å². The molecule has 7 heteroatoms. The van der Waals surface area contributed by atoms with E-state index in [1.165, 1.54) is 25.3 Å². The molecule has 3 rings (SSSR count). The molecule has 1 aliphatic rings. The summed E-state index contributed by atoms with van der Waals surface area (Å²) >= 11 is 0. The van der Waals surface area contributed by atoms with Crippen molar-refractivity contribution in [1.29, 1.82) is 0 Å². The summed E-state index contributed by atoms with van der Waals surface area (Å²) < 4.78 is 10.2. The van der Waals surface area contributed by atoms with Crippen LogP contribution in [-0.2, 0) is 9.53 Å². The zero-order valence-electron chi connectivity index (χ0n) is 13.6. The first kappa shape index (κ1) is 16.4. The van der Waals surface area contributed by atoms with Crippen LogP contribution in [0.1, 0.15) is 16.7 Å². The second kappa shape index (κ2) is 6.56. The van der Waals surface area contributed by atoms with Crippen LogP contribution in [0.5, 0.6) is 5.75 Å². The van der Waals surface area contributed by atoms with Gasteiger partial charge in [-0.1, -0.05) is 24.3 Å². The van der Waals surface area contributed by atoms with Crippen LogP contribution in [-0.4, -0.2) is 23.9 Å². The fourth-order valence-corrected chi connectivity index (χ4v) is 2.43. The number of hydrogen-bond acceptors (Lipinski definition) is 6. The van der Waals surface area contributed by atoms with Crippen LogP contribution in [0, 0.1) is 17.0 Å². The number of carbonyl (C=O) groups excluding carboxylic acids is 1. The first-order valence-electron chi connectivity index (χ1n) is 7.40. The van der Waals surface area contributed by atoms with Crippen molar-refractivity contribution in [2.24, 2.45) is 4.99 Å². The lowest BCUT2D eigenvalue weighted by Gasteiger charge is -2.02. The Morgan fingerprint density at radius 3 is 2.68 bits per heavy atom. The smallest absolute Gasteiger partial charge is 0.363 e. The van der Waals surface area contributed by atoms with E-state index in [1.54, 1.807) is 6.07 Å². The van der Waals surface area contributed by atoms with E-state index in [0.717, 1.165) is 11.1 Å². The summed E-state index contributed by atoms with van der Waals surface area (Å²) in [6.07, 6.45) is 1.44. The molecular weight excluding hydrogens is 324 g/mol. The largest absolute Gasteiger partial charge is 0.490 e. The maximum absolute atomic E-state index is 12.1. The molecule has 2 aromatic rings. The summed E-state index contributed by atoms with van der Waals surface area (Å²) in [5, 5.41) is 11.1. The maximum atomic E-state index is 12.1. The fourth-order valence-electron chi connectivity index (χ4n) is 2.43. The first-order chi connectivity index (χ1) is 12.0. The van der Waals surface area contributed by atoms with Gasteiger partial charge in [-0.05, 0) is 36.3 Å². The third-order valence-corrected chi connectivity index (χ3v) is 3.70. The molecular formula is C18H14N2O5. The van der Waals surface area contributed by atoms with Crippen LogP contribution in [0.3, 0.4) is 0 Å². The number of cyclic esters (lactones) is 1. The Bertz CT molecular complexity index is 931. The highest BCUT2D eigenvalue weighted by atomic mass is 16.6. The highest BCUT2D eigenvalue weighted by molar-refractivity contribution is 6.13. The van der Waals surface area contributed by atoms with Crippen LogP contribution in [0.2, 0.25) is 0 Å². The van der Waals surface area contributed by atoms with E-state index in [9.17, 15) is 14.9 Å². The Labute approximate surface area is 143 Å². The topological polar surface area (TPSA) is 91.0 Å². The van der Waals surface area contributed by atoms with E-state index in [1.807, 2.05) is 31.2 Å². The number of hydrogen-bond donors (Lipinski definition) is 0. The highest BCUT2D eigenvalue weighted by Gasteiger charge is 2.25. The quantitative estimate of drug-likeness (QED) is 0.369. The lowest BCUT2D eigenvalue weighted by Crippen LogP contribution is -2.06. The van der Waals surface area contributed by atoms with Crippen molar-refractivity contribution in [2.45, 2.75) is 6.92 Å². The van der Waals surface area contributed by atoms with Gasteiger partial charge in [0.25, 0.3) is 0 Å². The monoisotopic (exact) mass is 338 g/mol. The number of methoxy groups -OCH3 is 1. The van der Waals surface area contributed by atoms with E-state index in [-0.39, 0.29) is 23.0 Å². The molecule has 0 bridgehead atoms. The molecule has 0 atom stereocenters. The summed E-state index contributed by atoms with van der Waals surface area (Å²) in [4.78, 5) is 26.8. The lowest BCUT2D eigenvalue weighted by molar-refractivity contribution is -0.385. The van der Waals surface area contributed by atoms with Crippen LogP contribution in [0.25, 0.3) is 6.08 Å². The number of ether oxygens (including phenoxy) is 2. The minimum Gasteiger partial charge on any atom is -0.490 e. The number of nitro groups is 1. The van der Waals surface area contributed by atoms with E-state index >= 15 is 0 Å². The highest BCUT2D eigenvalue weighted by Crippen LogP contribution is 2.29. The molecule has 0 saturated carbocycles. The van der Waals surface area contributed by atoms with Crippen LogP contribution in [0.4, 0.5) is 5.69 Å². The van der Waals surface area contributed by atoms with Crippen molar-refractivity contribution in [2.75, 3.05) is 7.11 Å². The van der Waals surface area contributed by atoms with Gasteiger partial charge in [0.05, 0.1) is 12.0 Å². The predicted octanol–water partition coefficient (Wildman–Crippen LogP) is 3.26. The number of carbonyl (C=O) groups is 1. The number of esters is 1. The van der Waals surface area contributed by atoms with Crippen LogP contribution < -0.4 is 4.74 Å². The van der Waals surface area contributed by atoms with Crippen molar-refractivity contribution in [1.82, 2.24) is 0 Å². The fraction of sp³-hybridized carbons (Fsp3) is 0.111. The number of benzene rings is 2. The van der Waals surface area contributed by atoms with Gasteiger partial charge in [-0.3, -0.25) is 10.1 Å². The number of rotatable bonds is 4. The van der Waals surface area contributed by atoms with Gasteiger partial charge in [0, 0.05) is 11.6 Å². The molecule has 126 valence electrons. The molecule has 0 unspecified atom stereocenters. The Balaban J connectivity index is 1.99. The summed E-state index contributed by atoms with van der Waals surface area (Å²) in [5.41, 5.74) is 1.99. The molecule has 0 amide bonds. The standard InChI is InChI=1S/C18H14N2O5/c1-11-5-3-4-6-13(11)17-19-14(18(21)25-17)9-12-7-8-16(24-2)15(10-12)20(22)23/h3-10H,1-2H3/b14-9-. The first-order valence-corrected chi connectivity index (χ1v) is 7.40. The second-order valence-corrected chi connectivity index (χ2v) is 5.34. The summed E-state index contributed by atoms with van der Waals surface area (Å²) in [6.45, 7) is 1.89. The molecule has 0 fully saturated rings. The molecule has 0 radical (unpaired) electrons. The minimum absolute atomic E-state index is 0.0812. The van der Waals surface area contributed by atoms with Gasteiger partial charge >= 0.3 is 11.7 Å². The minimum atomic E-state index is -0.600. The molecule has 1 heterocycles. The van der Waals surface area contributed by atoms with Gasteiger partial charge in [0.2, 0.25) is 5.90 Å². The average Bonchev–Trinajstić information content (AvgIpc) is 2.95. The second-order valence-electron chi connectivity index (χ2n) is 5.34. The molecule has 2 aromatic carbocycles. The van der Waals surface area contributed by atoms with E-state index in [2.05, 4.69) is 4.99 Å². The van der Waals surface area contributed by atoms with Gasteiger partial charge in [-0.25, -0.2) is 9.79 Å². The summed E-state index contributed by atoms with van der Waals surface area (Å²) in [6, 6.07) is 11.8. The summed E-state index contributed by atoms with van der Waals surface area (Å²) in [7, 11) is 1.35. The SMILES string of the molecule is COc1ccc(/C=C2\N=C(c3ccccc3C)OC2=O)cc1[N+](=O)[O-].